The average molecular weight is 124 g/mol. The van der Waals surface area contributed by atoms with Crippen LogP contribution in [-0.4, -0.2) is 4.58 Å². The lowest BCUT2D eigenvalue weighted by Crippen LogP contribution is -1.59. The average Bonchev–Trinajstić information content (AvgIpc) is 1.79. The van der Waals surface area contributed by atoms with Crippen LogP contribution in [0.25, 0.3) is 0 Å². The second kappa shape index (κ2) is 1.21. The van der Waals surface area contributed by atoms with Crippen LogP contribution in [0, 0.1) is 0 Å². The molecule has 1 saturated heterocycles. The maximum absolute atomic E-state index is 4.84. The van der Waals surface area contributed by atoms with E-state index in [9.17, 15) is 0 Å². The fraction of sp³-hybridized carbons (Fsp3) is 1.00. The molecular formula is C2H4S3. The summed E-state index contributed by atoms with van der Waals surface area (Å²) in [4.78, 5) is 0. The molecule has 5 heavy (non-hydrogen) atoms. The Labute approximate surface area is 42.3 Å². The van der Waals surface area contributed by atoms with Crippen molar-refractivity contribution >= 4 is 30.5 Å². The Morgan fingerprint density at radius 1 is 2.00 bits per heavy atom. The third-order valence-corrected chi connectivity index (χ3v) is 5.59. The van der Waals surface area contributed by atoms with Crippen LogP contribution >= 0.6 is 10.8 Å². The first-order valence-electron chi connectivity index (χ1n) is 1.38. The summed E-state index contributed by atoms with van der Waals surface area (Å²) in [7, 11) is 2.23. The van der Waals surface area contributed by atoms with E-state index in [1.807, 2.05) is 10.8 Å². The Balaban J connectivity index is 2.47. The Morgan fingerprint density at radius 3 is 2.20 bits per heavy atom. The zero-order valence-corrected chi connectivity index (χ0v) is 5.25. The van der Waals surface area contributed by atoms with Crippen LogP contribution in [0.3, 0.4) is 0 Å². The first-order valence-corrected chi connectivity index (χ1v) is 4.99. The molecule has 0 aromatic heterocycles. The highest BCUT2D eigenvalue weighted by atomic mass is 33.4. The molecule has 30 valence electrons. The van der Waals surface area contributed by atoms with E-state index in [-0.39, 0.29) is 0 Å². The SMILES string of the molecule is CC1SS1=S. The molecule has 2 unspecified atom stereocenters. The Morgan fingerprint density at radius 2 is 2.20 bits per heavy atom. The summed E-state index contributed by atoms with van der Waals surface area (Å²) in [5, 5.41) is 0. The minimum Gasteiger partial charge on any atom is -0.0734 e. The molecule has 0 saturated carbocycles. The van der Waals surface area contributed by atoms with E-state index in [0.717, 1.165) is 4.58 Å². The molecule has 0 bridgehead atoms. The van der Waals surface area contributed by atoms with E-state index in [1.165, 1.54) is 0 Å². The Hall–Kier alpha value is 0.920. The van der Waals surface area contributed by atoms with Gasteiger partial charge in [-0.15, -0.1) is 0 Å². The lowest BCUT2D eigenvalue weighted by Gasteiger charge is -1.51. The summed E-state index contributed by atoms with van der Waals surface area (Å²) >= 11 is 4.84. The summed E-state index contributed by atoms with van der Waals surface area (Å²) in [6.07, 6.45) is 0. The quantitative estimate of drug-likeness (QED) is 0.350. The molecule has 0 aliphatic carbocycles. The van der Waals surface area contributed by atoms with Gasteiger partial charge < -0.3 is 0 Å². The summed E-state index contributed by atoms with van der Waals surface area (Å²) in [6.45, 7) is 2.17. The normalized spacial score (nSPS) is 49.0. The highest BCUT2D eigenvalue weighted by Gasteiger charge is 2.22. The lowest BCUT2D eigenvalue weighted by atomic mass is 11.0. The van der Waals surface area contributed by atoms with Gasteiger partial charge in [-0.2, -0.15) is 0 Å². The second-order valence-electron chi connectivity index (χ2n) is 0.924. The molecule has 0 aromatic carbocycles. The van der Waals surface area contributed by atoms with Crippen molar-refractivity contribution in [2.75, 3.05) is 0 Å². The zero-order chi connectivity index (χ0) is 3.86. The molecule has 0 radical (unpaired) electrons. The molecule has 1 aliphatic heterocycles. The molecule has 3 heteroatoms. The van der Waals surface area contributed by atoms with Crippen molar-refractivity contribution < 1.29 is 0 Å². The van der Waals surface area contributed by atoms with Crippen molar-refractivity contribution in [1.82, 2.24) is 0 Å². The summed E-state index contributed by atoms with van der Waals surface area (Å²) in [6, 6.07) is 0. The van der Waals surface area contributed by atoms with Crippen molar-refractivity contribution in [3.63, 3.8) is 0 Å². The highest BCUT2D eigenvalue weighted by molar-refractivity contribution is 8.96. The maximum atomic E-state index is 4.84. The predicted molar refractivity (Wildman–Crippen MR) is 31.8 cm³/mol. The van der Waals surface area contributed by atoms with Gasteiger partial charge >= 0.3 is 0 Å². The standard InChI is InChI=1S/C2H4S3/c1-2-4-5(2)3/h2H,1H3. The molecule has 0 aromatic rings. The summed E-state index contributed by atoms with van der Waals surface area (Å²) < 4.78 is 0.810. The fourth-order valence-electron chi connectivity index (χ4n) is 0.111. The van der Waals surface area contributed by atoms with E-state index in [0.29, 0.717) is 8.49 Å². The smallest absolute Gasteiger partial charge is 0.0724 e. The van der Waals surface area contributed by atoms with Crippen LogP contribution in [-0.2, 0) is 19.7 Å². The minimum atomic E-state index is 0.344. The van der Waals surface area contributed by atoms with Crippen molar-refractivity contribution in [2.24, 2.45) is 0 Å². The third-order valence-electron chi connectivity index (χ3n) is 0.463. The van der Waals surface area contributed by atoms with Crippen LogP contribution in [0.15, 0.2) is 0 Å². The van der Waals surface area contributed by atoms with E-state index in [4.69, 9.17) is 11.2 Å². The van der Waals surface area contributed by atoms with Crippen molar-refractivity contribution in [2.45, 2.75) is 11.5 Å². The van der Waals surface area contributed by atoms with Crippen LogP contribution in [0.4, 0.5) is 0 Å². The number of hydrogen-bond donors (Lipinski definition) is 0. The second-order valence-corrected chi connectivity index (χ2v) is 6.72. The van der Waals surface area contributed by atoms with Gasteiger partial charge in [-0.05, 0) is 26.6 Å². The largest absolute Gasteiger partial charge is 0.0734 e. The van der Waals surface area contributed by atoms with Crippen LogP contribution in [0.1, 0.15) is 6.92 Å². The highest BCUT2D eigenvalue weighted by Crippen LogP contribution is 2.38. The molecule has 0 N–H and O–H groups in total. The van der Waals surface area contributed by atoms with E-state index in [2.05, 4.69) is 6.92 Å². The van der Waals surface area contributed by atoms with Gasteiger partial charge in [-0.3, -0.25) is 0 Å². The van der Waals surface area contributed by atoms with Gasteiger partial charge in [0.25, 0.3) is 0 Å². The van der Waals surface area contributed by atoms with Crippen molar-refractivity contribution in [3.05, 3.63) is 0 Å². The molecule has 1 rings (SSSR count). The van der Waals surface area contributed by atoms with Gasteiger partial charge in [0.05, 0.1) is 4.58 Å². The molecule has 2 atom stereocenters. The molecule has 1 aliphatic rings. The first kappa shape index (κ1) is 4.09. The third kappa shape index (κ3) is 0.876. The Bertz CT molecular complexity index is 67.3. The van der Waals surface area contributed by atoms with Gasteiger partial charge in [0.2, 0.25) is 0 Å². The van der Waals surface area contributed by atoms with E-state index >= 15 is 0 Å². The van der Waals surface area contributed by atoms with Gasteiger partial charge in [0, 0.05) is 0 Å². The summed E-state index contributed by atoms with van der Waals surface area (Å²) in [5.74, 6) is 0. The van der Waals surface area contributed by atoms with Crippen molar-refractivity contribution in [3.8, 4) is 0 Å². The lowest BCUT2D eigenvalue weighted by molar-refractivity contribution is 1.47. The topological polar surface area (TPSA) is 0 Å². The monoisotopic (exact) mass is 124 g/mol. The Kier molecular flexibility index (Phi) is 0.986. The van der Waals surface area contributed by atoms with E-state index in [1.54, 1.807) is 0 Å². The molecule has 1 fully saturated rings. The van der Waals surface area contributed by atoms with Gasteiger partial charge in [0.15, 0.2) is 0 Å². The number of rotatable bonds is 0. The van der Waals surface area contributed by atoms with Crippen LogP contribution < -0.4 is 0 Å². The van der Waals surface area contributed by atoms with Crippen molar-refractivity contribution in [1.29, 1.82) is 0 Å². The van der Waals surface area contributed by atoms with Gasteiger partial charge in [-0.25, -0.2) is 0 Å². The molecule has 0 amide bonds. The molecule has 0 nitrogen and oxygen atoms in total. The predicted octanol–water partition coefficient (Wildman–Crippen LogP) is 1.07. The maximum Gasteiger partial charge on any atom is 0.0724 e. The molecule has 1 heterocycles. The zero-order valence-electron chi connectivity index (χ0n) is 2.80. The fourth-order valence-corrected chi connectivity index (χ4v) is 2.86. The number of hydrogen-bond acceptors (Lipinski definition) is 2. The van der Waals surface area contributed by atoms with E-state index < -0.39 is 0 Å². The first-order chi connectivity index (χ1) is 2.30. The summed E-state index contributed by atoms with van der Waals surface area (Å²) in [5.41, 5.74) is 0. The molecular weight excluding hydrogens is 120 g/mol. The minimum absolute atomic E-state index is 0.344. The van der Waals surface area contributed by atoms with Gasteiger partial charge in [-0.1, -0.05) is 10.8 Å². The van der Waals surface area contributed by atoms with Gasteiger partial charge in [0.1, 0.15) is 0 Å². The van der Waals surface area contributed by atoms with Crippen LogP contribution in [0.2, 0.25) is 0 Å². The molecule has 0 spiro atoms. The van der Waals surface area contributed by atoms with Crippen LogP contribution in [0.5, 0.6) is 0 Å².